The highest BCUT2D eigenvalue weighted by molar-refractivity contribution is 7.99. The predicted molar refractivity (Wildman–Crippen MR) is 115 cm³/mol. The van der Waals surface area contributed by atoms with Gasteiger partial charge in [0.2, 0.25) is 5.91 Å². The lowest BCUT2D eigenvalue weighted by atomic mass is 9.93. The van der Waals surface area contributed by atoms with Gasteiger partial charge in [-0.15, -0.1) is 10.2 Å². The smallest absolute Gasteiger partial charge is 0.322 e. The van der Waals surface area contributed by atoms with Gasteiger partial charge in [-0.25, -0.2) is 4.79 Å². The molecule has 9 nitrogen and oxygen atoms in total. The molecular formula is C21H26N6O3S. The summed E-state index contributed by atoms with van der Waals surface area (Å²) < 4.78 is 2.05. The van der Waals surface area contributed by atoms with E-state index in [0.717, 1.165) is 48.6 Å². The largest absolute Gasteiger partial charge is 0.344 e. The number of carbonyl (C=O) groups excluding carboxylic acids is 3. The van der Waals surface area contributed by atoms with Crippen LogP contribution in [0.1, 0.15) is 44.0 Å². The number of amides is 4. The normalized spacial score (nSPS) is 20.9. The highest BCUT2D eigenvalue weighted by Crippen LogP contribution is 2.24. The van der Waals surface area contributed by atoms with Gasteiger partial charge in [0.1, 0.15) is 11.4 Å². The molecule has 10 heteroatoms. The fourth-order valence-corrected chi connectivity index (χ4v) is 4.62. The van der Waals surface area contributed by atoms with E-state index in [2.05, 4.69) is 25.5 Å². The second-order valence-corrected chi connectivity index (χ2v) is 9.02. The Balaban J connectivity index is 1.32. The fourth-order valence-electron chi connectivity index (χ4n) is 3.85. The minimum atomic E-state index is -1.06. The molecule has 0 aliphatic carbocycles. The van der Waals surface area contributed by atoms with Crippen LogP contribution in [0.5, 0.6) is 0 Å². The molecule has 2 aliphatic rings. The van der Waals surface area contributed by atoms with Crippen molar-refractivity contribution in [1.82, 2.24) is 30.5 Å². The van der Waals surface area contributed by atoms with Crippen LogP contribution in [0.25, 0.3) is 0 Å². The summed E-state index contributed by atoms with van der Waals surface area (Å²) in [5, 5.41) is 12.6. The number of rotatable bonds is 7. The summed E-state index contributed by atoms with van der Waals surface area (Å²) in [4.78, 5) is 37.7. The first-order valence-electron chi connectivity index (χ1n) is 10.5. The summed E-state index contributed by atoms with van der Waals surface area (Å²) in [6.07, 6.45) is 5.29. The zero-order chi connectivity index (χ0) is 21.8. The van der Waals surface area contributed by atoms with Crippen LogP contribution in [0.4, 0.5) is 4.79 Å². The Bertz CT molecular complexity index is 979. The molecule has 31 heavy (non-hydrogen) atoms. The Kier molecular flexibility index (Phi) is 6.26. The molecule has 1 aromatic carbocycles. The third-order valence-corrected chi connectivity index (χ3v) is 6.63. The minimum Gasteiger partial charge on any atom is -0.322 e. The van der Waals surface area contributed by atoms with Crippen LogP contribution in [0, 0.1) is 0 Å². The van der Waals surface area contributed by atoms with Crippen LogP contribution in [0.15, 0.2) is 35.5 Å². The lowest BCUT2D eigenvalue weighted by Crippen LogP contribution is -2.49. The summed E-state index contributed by atoms with van der Waals surface area (Å²) in [6.45, 7) is 2.53. The van der Waals surface area contributed by atoms with E-state index in [1.807, 2.05) is 30.3 Å². The summed E-state index contributed by atoms with van der Waals surface area (Å²) in [6, 6.07) is 9.14. The van der Waals surface area contributed by atoms with Gasteiger partial charge in [-0.05, 0) is 38.2 Å². The molecule has 0 radical (unpaired) electrons. The third-order valence-electron chi connectivity index (χ3n) is 5.66. The number of hydrazine groups is 1. The fraction of sp³-hybridized carbons (Fsp3) is 0.476. The minimum absolute atomic E-state index is 0.0376. The van der Waals surface area contributed by atoms with Crippen LogP contribution in [0.3, 0.4) is 0 Å². The van der Waals surface area contributed by atoms with Crippen LogP contribution in [-0.4, -0.2) is 48.9 Å². The zero-order valence-electron chi connectivity index (χ0n) is 17.5. The molecule has 1 unspecified atom stereocenters. The zero-order valence-corrected chi connectivity index (χ0v) is 18.3. The summed E-state index contributed by atoms with van der Waals surface area (Å²) in [7, 11) is 0. The van der Waals surface area contributed by atoms with Crippen molar-refractivity contribution in [2.75, 3.05) is 5.75 Å². The first kappa shape index (κ1) is 21.4. The molecule has 2 N–H and O–H groups in total. The maximum Gasteiger partial charge on any atom is 0.344 e. The Morgan fingerprint density at radius 1 is 1.19 bits per heavy atom. The molecule has 1 fully saturated rings. The quantitative estimate of drug-likeness (QED) is 0.502. The van der Waals surface area contributed by atoms with Crippen molar-refractivity contribution in [3.63, 3.8) is 0 Å². The van der Waals surface area contributed by atoms with Gasteiger partial charge in [0.25, 0.3) is 5.91 Å². The highest BCUT2D eigenvalue weighted by atomic mass is 32.2. The van der Waals surface area contributed by atoms with Gasteiger partial charge in [-0.2, -0.15) is 5.01 Å². The molecule has 1 aromatic heterocycles. The molecule has 1 atom stereocenters. The molecule has 1 saturated heterocycles. The molecule has 2 aromatic rings. The second kappa shape index (κ2) is 9.09. The average molecular weight is 443 g/mol. The topological polar surface area (TPSA) is 109 Å². The van der Waals surface area contributed by atoms with Crippen LogP contribution >= 0.6 is 11.8 Å². The number of urea groups is 1. The predicted octanol–water partition coefficient (Wildman–Crippen LogP) is 2.07. The van der Waals surface area contributed by atoms with E-state index in [9.17, 15) is 14.4 Å². The molecule has 0 spiro atoms. The Morgan fingerprint density at radius 3 is 2.81 bits per heavy atom. The van der Waals surface area contributed by atoms with Crippen LogP contribution in [-0.2, 0) is 29.0 Å². The van der Waals surface area contributed by atoms with E-state index in [1.165, 1.54) is 11.8 Å². The third kappa shape index (κ3) is 4.73. The molecule has 0 bridgehead atoms. The Labute approximate surface area is 184 Å². The van der Waals surface area contributed by atoms with Gasteiger partial charge in [-0.3, -0.25) is 15.0 Å². The lowest BCUT2D eigenvalue weighted by Gasteiger charge is -2.21. The summed E-state index contributed by atoms with van der Waals surface area (Å²) >= 11 is 1.26. The number of aryl methyl sites for hydroxylation is 2. The first-order chi connectivity index (χ1) is 15.0. The summed E-state index contributed by atoms with van der Waals surface area (Å²) in [5.41, 5.74) is 2.46. The summed E-state index contributed by atoms with van der Waals surface area (Å²) in [5.74, 6) is 0.0919. The van der Waals surface area contributed by atoms with E-state index in [1.54, 1.807) is 6.92 Å². The van der Waals surface area contributed by atoms with Gasteiger partial charge < -0.3 is 9.88 Å². The Hall–Kier alpha value is -2.88. The van der Waals surface area contributed by atoms with Gasteiger partial charge in [0.15, 0.2) is 5.16 Å². The molecule has 2 aliphatic heterocycles. The van der Waals surface area contributed by atoms with Crippen molar-refractivity contribution in [1.29, 1.82) is 0 Å². The molecule has 4 amide bonds. The van der Waals surface area contributed by atoms with Crippen molar-refractivity contribution in [2.24, 2.45) is 0 Å². The molecule has 3 heterocycles. The number of imide groups is 1. The molecule has 0 saturated carbocycles. The maximum absolute atomic E-state index is 12.9. The van der Waals surface area contributed by atoms with Crippen LogP contribution in [0.2, 0.25) is 0 Å². The standard InChI is InChI=1S/C21H26N6O3S/c1-21(12-11-15-8-4-2-5-9-15)18(29)27(19(30)22-21)25-17(28)14-31-20-24-23-16-10-6-3-7-13-26(16)20/h2,4-5,8-9H,3,6-7,10-14H2,1H3,(H,22,30)(H,25,28). The van der Waals surface area contributed by atoms with Crippen molar-refractivity contribution < 1.29 is 14.4 Å². The molecular weight excluding hydrogens is 416 g/mol. The van der Waals surface area contributed by atoms with Crippen molar-refractivity contribution in [3.8, 4) is 0 Å². The van der Waals surface area contributed by atoms with Crippen molar-refractivity contribution in [2.45, 2.75) is 62.7 Å². The Morgan fingerprint density at radius 2 is 2.00 bits per heavy atom. The molecule has 164 valence electrons. The van der Waals surface area contributed by atoms with Gasteiger partial charge in [0, 0.05) is 13.0 Å². The number of hydrogen-bond donors (Lipinski definition) is 2. The molecule has 4 rings (SSSR count). The van der Waals surface area contributed by atoms with E-state index in [0.29, 0.717) is 18.0 Å². The van der Waals surface area contributed by atoms with E-state index < -0.39 is 23.4 Å². The first-order valence-corrected chi connectivity index (χ1v) is 11.5. The van der Waals surface area contributed by atoms with E-state index in [4.69, 9.17) is 0 Å². The number of aromatic nitrogens is 3. The van der Waals surface area contributed by atoms with Crippen molar-refractivity contribution >= 4 is 29.6 Å². The SMILES string of the molecule is CC1(CCc2ccccc2)NC(=O)N(NC(=O)CSc2nnc3n2CCCCC3)C1=O. The average Bonchev–Trinajstić information content (AvgIpc) is 3.12. The van der Waals surface area contributed by atoms with E-state index in [-0.39, 0.29) is 5.75 Å². The van der Waals surface area contributed by atoms with Gasteiger partial charge in [-0.1, -0.05) is 48.5 Å². The number of nitrogens with one attached hydrogen (secondary N) is 2. The number of benzene rings is 1. The monoisotopic (exact) mass is 442 g/mol. The van der Waals surface area contributed by atoms with Gasteiger partial charge in [0.05, 0.1) is 5.75 Å². The maximum atomic E-state index is 12.9. The number of fused-ring (bicyclic) bond motifs is 1. The number of thioether (sulfide) groups is 1. The van der Waals surface area contributed by atoms with Crippen LogP contribution < -0.4 is 10.7 Å². The number of carbonyl (C=O) groups is 3. The van der Waals surface area contributed by atoms with Crippen molar-refractivity contribution in [3.05, 3.63) is 41.7 Å². The highest BCUT2D eigenvalue weighted by Gasteiger charge is 2.48. The number of nitrogens with zero attached hydrogens (tertiary/aromatic N) is 4. The lowest BCUT2D eigenvalue weighted by molar-refractivity contribution is -0.138. The van der Waals surface area contributed by atoms with E-state index >= 15 is 0 Å². The second-order valence-electron chi connectivity index (χ2n) is 8.07. The van der Waals surface area contributed by atoms with Gasteiger partial charge >= 0.3 is 6.03 Å². The number of hydrogen-bond acceptors (Lipinski definition) is 6.